The number of rotatable bonds is 5. The van der Waals surface area contributed by atoms with Crippen LogP contribution in [0.2, 0.25) is 0 Å². The fraction of sp³-hybridized carbons (Fsp3) is 0.172. The van der Waals surface area contributed by atoms with Crippen LogP contribution in [0.3, 0.4) is 0 Å². The summed E-state index contributed by atoms with van der Waals surface area (Å²) >= 11 is 0. The van der Waals surface area contributed by atoms with Crippen molar-refractivity contribution in [3.63, 3.8) is 0 Å². The van der Waals surface area contributed by atoms with E-state index in [-0.39, 0.29) is 29.1 Å². The highest BCUT2D eigenvalue weighted by atomic mass is 19.4. The predicted molar refractivity (Wildman–Crippen MR) is 142 cm³/mol. The van der Waals surface area contributed by atoms with E-state index in [1.54, 1.807) is 49.4 Å². The van der Waals surface area contributed by atoms with Crippen LogP contribution in [0.4, 0.5) is 18.9 Å². The molecule has 1 aliphatic heterocycles. The number of alkyl halides is 3. The third-order valence-corrected chi connectivity index (χ3v) is 6.79. The number of carbonyl (C=O) groups excluding carboxylic acids is 1. The highest BCUT2D eigenvalue weighted by Gasteiger charge is 2.43. The van der Waals surface area contributed by atoms with Gasteiger partial charge in [0.1, 0.15) is 11.9 Å². The zero-order valence-corrected chi connectivity index (χ0v) is 21.3. The lowest BCUT2D eigenvalue weighted by atomic mass is 9.91. The molecule has 0 saturated heterocycles. The first-order valence-corrected chi connectivity index (χ1v) is 12.2. The first kappa shape index (κ1) is 26.7. The quantitative estimate of drug-likeness (QED) is 0.204. The smallest absolute Gasteiger partial charge is 0.431 e. The molecule has 0 radical (unpaired) electrons. The molecular weight excluding hydrogens is 525 g/mol. The standard InChI is InChI=1S/C29H23F3N4O4/c1-14-9-10-17(11-15(14)2)23-21(37)13-22(34-26(23)29(30,31)32)35-36-25-24-19(7-4-8-20(24)33-27(25)38)16-5-3-6-18(12-16)28(39)40/h3-12,22,33-34,38H,13H2,1-2H3,(H,39,40). The number of hydrogen-bond donors (Lipinski definition) is 4. The maximum atomic E-state index is 14.1. The van der Waals surface area contributed by atoms with Gasteiger partial charge in [-0.2, -0.15) is 18.3 Å². The lowest BCUT2D eigenvalue weighted by Gasteiger charge is -2.27. The first-order chi connectivity index (χ1) is 18.9. The summed E-state index contributed by atoms with van der Waals surface area (Å²) < 4.78 is 42.3. The first-order valence-electron chi connectivity index (χ1n) is 12.2. The number of halogens is 3. The summed E-state index contributed by atoms with van der Waals surface area (Å²) in [6.45, 7) is 3.58. The third kappa shape index (κ3) is 4.93. The molecule has 8 nitrogen and oxygen atoms in total. The molecule has 0 amide bonds. The van der Waals surface area contributed by atoms with Crippen LogP contribution in [-0.4, -0.2) is 39.3 Å². The average Bonchev–Trinajstić information content (AvgIpc) is 3.23. The van der Waals surface area contributed by atoms with Gasteiger partial charge in [0.2, 0.25) is 5.88 Å². The minimum absolute atomic E-state index is 0.0494. The number of carbonyl (C=O) groups is 2. The number of aromatic nitrogens is 1. The summed E-state index contributed by atoms with van der Waals surface area (Å²) in [6, 6.07) is 15.9. The molecule has 0 spiro atoms. The molecule has 2 heterocycles. The second kappa shape index (κ2) is 9.99. The van der Waals surface area contributed by atoms with Crippen molar-refractivity contribution >= 4 is 33.9 Å². The molecule has 204 valence electrons. The van der Waals surface area contributed by atoms with E-state index in [0.717, 1.165) is 11.1 Å². The molecule has 4 aromatic rings. The van der Waals surface area contributed by atoms with E-state index < -0.39 is 35.4 Å². The Labute approximate surface area is 225 Å². The molecule has 3 aromatic carbocycles. The number of azo groups is 1. The Morgan fingerprint density at radius 2 is 1.75 bits per heavy atom. The summed E-state index contributed by atoms with van der Waals surface area (Å²) in [7, 11) is 0. The van der Waals surface area contributed by atoms with Crippen LogP contribution in [0, 0.1) is 13.8 Å². The fourth-order valence-corrected chi connectivity index (χ4v) is 4.70. The fourth-order valence-electron chi connectivity index (χ4n) is 4.70. The van der Waals surface area contributed by atoms with Crippen molar-refractivity contribution in [3.8, 4) is 17.0 Å². The van der Waals surface area contributed by atoms with Gasteiger partial charge in [-0.1, -0.05) is 42.5 Å². The molecule has 1 unspecified atom stereocenters. The van der Waals surface area contributed by atoms with E-state index >= 15 is 0 Å². The summed E-state index contributed by atoms with van der Waals surface area (Å²) in [6.07, 6.45) is -6.59. The zero-order valence-electron chi connectivity index (χ0n) is 21.3. The number of benzene rings is 3. The second-order valence-corrected chi connectivity index (χ2v) is 9.49. The van der Waals surface area contributed by atoms with Crippen molar-refractivity contribution in [2.45, 2.75) is 32.6 Å². The predicted octanol–water partition coefficient (Wildman–Crippen LogP) is 6.80. The number of allylic oxidation sites excluding steroid dienone is 2. The van der Waals surface area contributed by atoms with Gasteiger partial charge in [-0.25, -0.2) is 4.79 Å². The molecule has 0 saturated carbocycles. The van der Waals surface area contributed by atoms with Gasteiger partial charge in [-0.3, -0.25) is 4.79 Å². The highest BCUT2D eigenvalue weighted by molar-refractivity contribution is 6.22. The Morgan fingerprint density at radius 3 is 2.45 bits per heavy atom. The van der Waals surface area contributed by atoms with Gasteiger partial charge in [0, 0.05) is 5.39 Å². The summed E-state index contributed by atoms with van der Waals surface area (Å²) in [5.41, 5.74) is 1.61. The number of fused-ring (bicyclic) bond motifs is 1. The largest absolute Gasteiger partial charge is 0.493 e. The SMILES string of the molecule is Cc1ccc(C2=C(C(F)(F)F)NC(N=Nc3c(O)[nH]c4cccc(-c5cccc(C(=O)O)c5)c34)CC2=O)cc1C. The van der Waals surface area contributed by atoms with Crippen LogP contribution in [0.25, 0.3) is 27.6 Å². The zero-order chi connectivity index (χ0) is 28.8. The van der Waals surface area contributed by atoms with Gasteiger partial charge >= 0.3 is 12.1 Å². The molecule has 11 heteroatoms. The minimum Gasteiger partial charge on any atom is -0.493 e. The van der Waals surface area contributed by atoms with Crippen LogP contribution in [0.5, 0.6) is 5.88 Å². The number of hydrogen-bond acceptors (Lipinski definition) is 6. The number of H-pyrrole nitrogens is 1. The number of nitrogens with zero attached hydrogens (tertiary/aromatic N) is 2. The van der Waals surface area contributed by atoms with E-state index in [1.165, 1.54) is 18.2 Å². The lowest BCUT2D eigenvalue weighted by molar-refractivity contribution is -0.118. The maximum Gasteiger partial charge on any atom is 0.431 e. The molecule has 0 bridgehead atoms. The van der Waals surface area contributed by atoms with Crippen molar-refractivity contribution in [2.24, 2.45) is 10.2 Å². The number of aromatic carboxylic acids is 1. The molecule has 1 aliphatic rings. The van der Waals surface area contributed by atoms with Crippen molar-refractivity contribution in [3.05, 3.63) is 88.6 Å². The Bertz CT molecular complexity index is 1740. The van der Waals surface area contributed by atoms with Crippen LogP contribution in [0.15, 0.2) is 76.6 Å². The molecule has 4 N–H and O–H groups in total. The Hall–Kier alpha value is -4.93. The van der Waals surface area contributed by atoms with Gasteiger partial charge in [-0.05, 0) is 59.9 Å². The third-order valence-electron chi connectivity index (χ3n) is 6.79. The van der Waals surface area contributed by atoms with Crippen molar-refractivity contribution in [2.75, 3.05) is 0 Å². The normalized spacial score (nSPS) is 16.1. The van der Waals surface area contributed by atoms with Gasteiger partial charge in [0.25, 0.3) is 0 Å². The van der Waals surface area contributed by atoms with Crippen LogP contribution >= 0.6 is 0 Å². The van der Waals surface area contributed by atoms with Gasteiger partial charge in [0.15, 0.2) is 11.5 Å². The molecule has 0 aliphatic carbocycles. The van der Waals surface area contributed by atoms with Crippen molar-refractivity contribution in [1.29, 1.82) is 0 Å². The number of aryl methyl sites for hydroxylation is 2. The Morgan fingerprint density at radius 1 is 1.00 bits per heavy atom. The molecule has 40 heavy (non-hydrogen) atoms. The molecule has 5 rings (SSSR count). The number of Topliss-reactive ketones (excluding diaryl/α,β-unsaturated/α-hetero) is 1. The second-order valence-electron chi connectivity index (χ2n) is 9.49. The molecular formula is C29H23F3N4O4. The Balaban J connectivity index is 1.55. The topological polar surface area (TPSA) is 127 Å². The number of carboxylic acid groups (broad SMARTS) is 1. The van der Waals surface area contributed by atoms with Crippen LogP contribution in [0.1, 0.15) is 33.5 Å². The lowest BCUT2D eigenvalue weighted by Crippen LogP contribution is -2.41. The van der Waals surface area contributed by atoms with Gasteiger partial charge in [-0.15, -0.1) is 5.11 Å². The van der Waals surface area contributed by atoms with E-state index in [2.05, 4.69) is 20.5 Å². The van der Waals surface area contributed by atoms with Gasteiger partial charge < -0.3 is 20.5 Å². The van der Waals surface area contributed by atoms with Crippen molar-refractivity contribution < 1.29 is 33.0 Å². The molecule has 1 aromatic heterocycles. The van der Waals surface area contributed by atoms with E-state index in [0.29, 0.717) is 22.0 Å². The maximum absolute atomic E-state index is 14.1. The average molecular weight is 549 g/mol. The summed E-state index contributed by atoms with van der Waals surface area (Å²) in [5.74, 6) is -2.25. The number of nitrogens with one attached hydrogen (secondary N) is 2. The number of aromatic hydroxyl groups is 1. The molecule has 0 fully saturated rings. The van der Waals surface area contributed by atoms with E-state index in [9.17, 15) is 33.0 Å². The monoisotopic (exact) mass is 548 g/mol. The minimum atomic E-state index is -4.86. The summed E-state index contributed by atoms with van der Waals surface area (Å²) in [5, 5.41) is 30.7. The van der Waals surface area contributed by atoms with Crippen molar-refractivity contribution in [1.82, 2.24) is 10.3 Å². The number of ketones is 1. The molecule has 1 atom stereocenters. The van der Waals surface area contributed by atoms with E-state index in [1.807, 2.05) is 6.92 Å². The number of aromatic amines is 1. The number of carboxylic acids is 1. The highest BCUT2D eigenvalue weighted by Crippen LogP contribution is 2.42. The Kier molecular flexibility index (Phi) is 6.66. The van der Waals surface area contributed by atoms with E-state index in [4.69, 9.17) is 0 Å². The van der Waals surface area contributed by atoms with Crippen LogP contribution in [-0.2, 0) is 4.79 Å². The summed E-state index contributed by atoms with van der Waals surface area (Å²) in [4.78, 5) is 27.2. The van der Waals surface area contributed by atoms with Gasteiger partial charge in [0.05, 0.1) is 23.1 Å². The van der Waals surface area contributed by atoms with Crippen LogP contribution < -0.4 is 5.32 Å².